The summed E-state index contributed by atoms with van der Waals surface area (Å²) in [5.74, 6) is 0.124. The van der Waals surface area contributed by atoms with Gasteiger partial charge in [-0.1, -0.05) is 18.2 Å². The van der Waals surface area contributed by atoms with Crippen molar-refractivity contribution in [3.05, 3.63) is 65.9 Å². The SMILES string of the molecule is COC(=O)C(Cc1cn(CCOc2ccc(C=O)cc2)c2ccccc12)NC(=O)OC(C)(C)C. The molecule has 0 aliphatic rings. The van der Waals surface area contributed by atoms with E-state index >= 15 is 0 Å². The van der Waals surface area contributed by atoms with E-state index in [1.165, 1.54) is 7.11 Å². The number of nitrogens with one attached hydrogen (secondary N) is 1. The van der Waals surface area contributed by atoms with E-state index in [-0.39, 0.29) is 6.42 Å². The highest BCUT2D eigenvalue weighted by molar-refractivity contribution is 5.86. The molecule has 1 amide bonds. The van der Waals surface area contributed by atoms with Crippen LogP contribution >= 0.6 is 0 Å². The van der Waals surface area contributed by atoms with Crippen molar-refractivity contribution in [1.82, 2.24) is 9.88 Å². The quantitative estimate of drug-likeness (QED) is 0.376. The van der Waals surface area contributed by atoms with E-state index in [4.69, 9.17) is 14.2 Å². The van der Waals surface area contributed by atoms with Crippen LogP contribution in [0.15, 0.2) is 54.7 Å². The highest BCUT2D eigenvalue weighted by atomic mass is 16.6. The van der Waals surface area contributed by atoms with E-state index in [0.29, 0.717) is 24.5 Å². The summed E-state index contributed by atoms with van der Waals surface area (Å²) in [4.78, 5) is 35.5. The Kier molecular flexibility index (Phi) is 7.94. The second kappa shape index (κ2) is 10.9. The molecule has 34 heavy (non-hydrogen) atoms. The van der Waals surface area contributed by atoms with Crippen molar-refractivity contribution < 1.29 is 28.6 Å². The van der Waals surface area contributed by atoms with Crippen molar-refractivity contribution in [3.8, 4) is 5.75 Å². The van der Waals surface area contributed by atoms with E-state index in [1.54, 1.807) is 45.0 Å². The minimum atomic E-state index is -0.897. The molecule has 2 aromatic carbocycles. The van der Waals surface area contributed by atoms with Crippen LogP contribution in [0.3, 0.4) is 0 Å². The number of esters is 1. The van der Waals surface area contributed by atoms with Gasteiger partial charge in [-0.2, -0.15) is 0 Å². The summed E-state index contributed by atoms with van der Waals surface area (Å²) >= 11 is 0. The number of para-hydroxylation sites is 1. The first kappa shape index (κ1) is 24.8. The minimum absolute atomic E-state index is 0.243. The van der Waals surface area contributed by atoms with Crippen molar-refractivity contribution in [3.63, 3.8) is 0 Å². The number of aromatic nitrogens is 1. The maximum Gasteiger partial charge on any atom is 0.408 e. The number of methoxy groups -OCH3 is 1. The molecule has 0 saturated heterocycles. The lowest BCUT2D eigenvalue weighted by atomic mass is 10.1. The Labute approximate surface area is 198 Å². The molecule has 1 unspecified atom stereocenters. The van der Waals surface area contributed by atoms with Gasteiger partial charge in [-0.15, -0.1) is 0 Å². The molecule has 0 spiro atoms. The molecule has 0 radical (unpaired) electrons. The van der Waals surface area contributed by atoms with Crippen LogP contribution in [0.1, 0.15) is 36.7 Å². The van der Waals surface area contributed by atoms with Gasteiger partial charge in [0.25, 0.3) is 0 Å². The Balaban J connectivity index is 1.75. The zero-order chi connectivity index (χ0) is 24.7. The number of hydrogen-bond acceptors (Lipinski definition) is 6. The van der Waals surface area contributed by atoms with Crippen molar-refractivity contribution >= 4 is 29.3 Å². The molecule has 3 rings (SSSR count). The Morgan fingerprint density at radius 3 is 2.44 bits per heavy atom. The largest absolute Gasteiger partial charge is 0.492 e. The maximum atomic E-state index is 12.4. The van der Waals surface area contributed by atoms with E-state index in [0.717, 1.165) is 22.8 Å². The summed E-state index contributed by atoms with van der Waals surface area (Å²) in [6.45, 7) is 6.25. The summed E-state index contributed by atoms with van der Waals surface area (Å²) in [7, 11) is 1.29. The standard InChI is InChI=1S/C26H30N2O6/c1-26(2,3)34-25(31)27-22(24(30)32-4)15-19-16-28(23-8-6-5-7-21(19)23)13-14-33-20-11-9-18(17-29)10-12-20/h5-12,16-17,22H,13-15H2,1-4H3,(H,27,31). The average molecular weight is 467 g/mol. The summed E-state index contributed by atoms with van der Waals surface area (Å²) in [5, 5.41) is 3.60. The minimum Gasteiger partial charge on any atom is -0.492 e. The molecular formula is C26H30N2O6. The number of ether oxygens (including phenoxy) is 3. The fourth-order valence-electron chi connectivity index (χ4n) is 3.58. The Morgan fingerprint density at radius 1 is 1.09 bits per heavy atom. The summed E-state index contributed by atoms with van der Waals surface area (Å²) in [6.07, 6.45) is 2.31. The van der Waals surface area contributed by atoms with E-state index in [9.17, 15) is 14.4 Å². The summed E-state index contributed by atoms with van der Waals surface area (Å²) in [5.41, 5.74) is 1.78. The molecule has 1 N–H and O–H groups in total. The molecule has 0 aliphatic heterocycles. The molecular weight excluding hydrogens is 436 g/mol. The van der Waals surface area contributed by atoms with Gasteiger partial charge >= 0.3 is 12.1 Å². The van der Waals surface area contributed by atoms with E-state index in [2.05, 4.69) is 5.32 Å². The number of benzene rings is 2. The number of carbonyl (C=O) groups is 3. The topological polar surface area (TPSA) is 95.9 Å². The van der Waals surface area contributed by atoms with Crippen LogP contribution < -0.4 is 10.1 Å². The fourth-order valence-corrected chi connectivity index (χ4v) is 3.58. The van der Waals surface area contributed by atoms with Gasteiger partial charge in [0.2, 0.25) is 0 Å². The number of aldehydes is 1. The number of alkyl carbamates (subject to hydrolysis) is 1. The van der Waals surface area contributed by atoms with Gasteiger partial charge in [0, 0.05) is 29.1 Å². The molecule has 180 valence electrons. The van der Waals surface area contributed by atoms with Crippen LogP contribution in [0.2, 0.25) is 0 Å². The van der Waals surface area contributed by atoms with E-state index in [1.807, 2.05) is 35.0 Å². The predicted molar refractivity (Wildman–Crippen MR) is 128 cm³/mol. The zero-order valence-corrected chi connectivity index (χ0v) is 19.9. The fraction of sp³-hybridized carbons (Fsp3) is 0.346. The molecule has 0 saturated carbocycles. The number of fused-ring (bicyclic) bond motifs is 1. The van der Waals surface area contributed by atoms with Crippen LogP contribution in [0.5, 0.6) is 5.75 Å². The third kappa shape index (κ3) is 6.60. The second-order valence-corrected chi connectivity index (χ2v) is 8.83. The van der Waals surface area contributed by atoms with Crippen molar-refractivity contribution in [2.24, 2.45) is 0 Å². The molecule has 1 atom stereocenters. The Morgan fingerprint density at radius 2 is 1.79 bits per heavy atom. The molecule has 1 aromatic heterocycles. The van der Waals surface area contributed by atoms with Gasteiger partial charge in [-0.25, -0.2) is 9.59 Å². The van der Waals surface area contributed by atoms with Gasteiger partial charge in [0.05, 0.1) is 13.7 Å². The third-order valence-corrected chi connectivity index (χ3v) is 5.09. The van der Waals surface area contributed by atoms with E-state index < -0.39 is 23.7 Å². The van der Waals surface area contributed by atoms with Crippen LogP contribution in [-0.4, -0.2) is 48.3 Å². The predicted octanol–water partition coefficient (Wildman–Crippen LogP) is 4.14. The van der Waals surface area contributed by atoms with Gasteiger partial charge in [0.15, 0.2) is 0 Å². The lowest BCUT2D eigenvalue weighted by Gasteiger charge is -2.22. The monoisotopic (exact) mass is 466 g/mol. The number of amides is 1. The van der Waals surface area contributed by atoms with Crippen LogP contribution in [0.4, 0.5) is 4.79 Å². The smallest absolute Gasteiger partial charge is 0.408 e. The van der Waals surface area contributed by atoms with Gasteiger partial charge in [0.1, 0.15) is 30.3 Å². The Hall–Kier alpha value is -3.81. The van der Waals surface area contributed by atoms with Crippen LogP contribution in [-0.2, 0) is 27.2 Å². The van der Waals surface area contributed by atoms with Gasteiger partial charge < -0.3 is 24.1 Å². The van der Waals surface area contributed by atoms with Crippen LogP contribution in [0, 0.1) is 0 Å². The van der Waals surface area contributed by atoms with Gasteiger partial charge in [-0.3, -0.25) is 4.79 Å². The first-order valence-electron chi connectivity index (χ1n) is 11.0. The maximum absolute atomic E-state index is 12.4. The number of carbonyl (C=O) groups excluding carboxylic acids is 3. The normalized spacial score (nSPS) is 12.1. The lowest BCUT2D eigenvalue weighted by Crippen LogP contribution is -2.45. The lowest BCUT2D eigenvalue weighted by molar-refractivity contribution is -0.143. The van der Waals surface area contributed by atoms with Crippen molar-refractivity contribution in [2.75, 3.05) is 13.7 Å². The highest BCUT2D eigenvalue weighted by Crippen LogP contribution is 2.23. The average Bonchev–Trinajstić information content (AvgIpc) is 3.15. The third-order valence-electron chi connectivity index (χ3n) is 5.09. The summed E-state index contributed by atoms with van der Waals surface area (Å²) in [6, 6.07) is 13.9. The second-order valence-electron chi connectivity index (χ2n) is 8.83. The summed E-state index contributed by atoms with van der Waals surface area (Å²) < 4.78 is 18.1. The van der Waals surface area contributed by atoms with Crippen LogP contribution in [0.25, 0.3) is 10.9 Å². The molecule has 0 bridgehead atoms. The highest BCUT2D eigenvalue weighted by Gasteiger charge is 2.26. The molecule has 3 aromatic rings. The Bertz CT molecular complexity index is 1140. The molecule has 8 nitrogen and oxygen atoms in total. The van der Waals surface area contributed by atoms with Crippen molar-refractivity contribution in [2.45, 2.75) is 45.4 Å². The first-order chi connectivity index (χ1) is 16.2. The first-order valence-corrected chi connectivity index (χ1v) is 11.0. The van der Waals surface area contributed by atoms with Gasteiger partial charge in [-0.05, 0) is 56.7 Å². The number of hydrogen-bond donors (Lipinski definition) is 1. The molecule has 1 heterocycles. The molecule has 0 fully saturated rings. The van der Waals surface area contributed by atoms with Crippen molar-refractivity contribution in [1.29, 1.82) is 0 Å². The zero-order valence-electron chi connectivity index (χ0n) is 19.9. The molecule has 0 aliphatic carbocycles. The molecule has 8 heteroatoms. The number of rotatable bonds is 9. The number of nitrogens with zero attached hydrogens (tertiary/aromatic N) is 1.